The number of nitrogens with one attached hydrogen (secondary N) is 1. The number of likely N-dealkylation sites (N-methyl/N-ethyl adjacent to an activating group) is 1. The Bertz CT molecular complexity index is 490. The van der Waals surface area contributed by atoms with Crippen LogP contribution in [0, 0.1) is 0 Å². The van der Waals surface area contributed by atoms with Crippen molar-refractivity contribution in [3.63, 3.8) is 0 Å². The van der Waals surface area contributed by atoms with Gasteiger partial charge in [0.2, 0.25) is 0 Å². The molecule has 1 N–H and O–H groups in total. The Hall–Kier alpha value is -0.820. The molecule has 1 aromatic carbocycles. The first kappa shape index (κ1) is 15.6. The molecule has 0 spiro atoms. The van der Waals surface area contributed by atoms with Crippen LogP contribution < -0.4 is 5.32 Å². The van der Waals surface area contributed by atoms with Crippen LogP contribution in [0.3, 0.4) is 0 Å². The molecule has 0 aromatic heterocycles. The fraction of sp³-hybridized carbons (Fsp3) is 0.533. The van der Waals surface area contributed by atoms with Gasteiger partial charge in [0.25, 0.3) is 0 Å². The highest BCUT2D eigenvalue weighted by Crippen LogP contribution is 2.18. The molecule has 0 unspecified atom stereocenters. The number of fused-ring (bicyclic) bond motifs is 1. The van der Waals surface area contributed by atoms with Gasteiger partial charge in [-0.2, -0.15) is 0 Å². The summed E-state index contributed by atoms with van der Waals surface area (Å²) in [6.45, 7) is 7.61. The molecule has 2 heterocycles. The minimum atomic E-state index is 0. The van der Waals surface area contributed by atoms with E-state index in [2.05, 4.69) is 40.3 Å². The third kappa shape index (κ3) is 3.44. The van der Waals surface area contributed by atoms with E-state index in [4.69, 9.17) is 4.74 Å². The topological polar surface area (TPSA) is 36.9 Å². The molecule has 0 saturated heterocycles. The van der Waals surface area contributed by atoms with E-state index in [0.29, 0.717) is 0 Å². The van der Waals surface area contributed by atoms with Crippen molar-refractivity contribution in [1.29, 1.82) is 0 Å². The molecule has 0 bridgehead atoms. The summed E-state index contributed by atoms with van der Waals surface area (Å²) in [5.74, 6) is 1.04. The Kier molecular flexibility index (Phi) is 5.65. The number of guanidine groups is 1. The van der Waals surface area contributed by atoms with Gasteiger partial charge in [0.05, 0.1) is 19.8 Å². The van der Waals surface area contributed by atoms with Crippen molar-refractivity contribution in [2.45, 2.75) is 26.5 Å². The van der Waals surface area contributed by atoms with Gasteiger partial charge in [0.15, 0.2) is 5.96 Å². The summed E-state index contributed by atoms with van der Waals surface area (Å²) in [4.78, 5) is 6.79. The van der Waals surface area contributed by atoms with Crippen molar-refractivity contribution in [3.8, 4) is 0 Å². The van der Waals surface area contributed by atoms with Crippen LogP contribution in [0.5, 0.6) is 0 Å². The number of hydrogen-bond donors (Lipinski definition) is 1. The smallest absolute Gasteiger partial charge is 0.194 e. The van der Waals surface area contributed by atoms with Crippen molar-refractivity contribution in [1.82, 2.24) is 10.2 Å². The monoisotopic (exact) mass is 387 g/mol. The molecular formula is C15H22IN3O. The van der Waals surface area contributed by atoms with Crippen LogP contribution >= 0.6 is 24.0 Å². The molecule has 20 heavy (non-hydrogen) atoms. The number of halogens is 1. The third-order valence-electron chi connectivity index (χ3n) is 3.81. The van der Waals surface area contributed by atoms with Crippen LogP contribution in [0.25, 0.3) is 0 Å². The first-order valence-corrected chi connectivity index (χ1v) is 7.08. The molecule has 2 aliphatic heterocycles. The van der Waals surface area contributed by atoms with Gasteiger partial charge in [-0.05, 0) is 30.0 Å². The number of aliphatic imine (C=N–C) groups is 1. The number of hydrogen-bond acceptors (Lipinski definition) is 4. The van der Waals surface area contributed by atoms with E-state index in [1.54, 1.807) is 0 Å². The summed E-state index contributed by atoms with van der Waals surface area (Å²) < 4.78 is 5.46. The molecular weight excluding hydrogens is 365 g/mol. The van der Waals surface area contributed by atoms with E-state index in [1.807, 2.05) is 0 Å². The van der Waals surface area contributed by atoms with Crippen LogP contribution in [-0.2, 0) is 24.3 Å². The lowest BCUT2D eigenvalue weighted by molar-refractivity contribution is 0.110. The second kappa shape index (κ2) is 7.26. The minimum Gasteiger partial charge on any atom is -0.376 e. The van der Waals surface area contributed by atoms with Gasteiger partial charge in [-0.25, -0.2) is 0 Å². The second-order valence-corrected chi connectivity index (χ2v) is 5.04. The van der Waals surface area contributed by atoms with E-state index < -0.39 is 0 Å². The summed E-state index contributed by atoms with van der Waals surface area (Å²) in [5.41, 5.74) is 4.10. The zero-order valence-corrected chi connectivity index (χ0v) is 14.2. The van der Waals surface area contributed by atoms with Gasteiger partial charge in [-0.3, -0.25) is 4.99 Å². The van der Waals surface area contributed by atoms with Crippen LogP contribution in [-0.4, -0.2) is 37.1 Å². The van der Waals surface area contributed by atoms with Crippen LogP contribution in [0.1, 0.15) is 23.6 Å². The van der Waals surface area contributed by atoms with E-state index in [0.717, 1.165) is 51.8 Å². The number of benzene rings is 1. The van der Waals surface area contributed by atoms with Gasteiger partial charge in [0, 0.05) is 19.6 Å². The number of nitrogens with zero attached hydrogens (tertiary/aromatic N) is 2. The van der Waals surface area contributed by atoms with Gasteiger partial charge < -0.3 is 15.0 Å². The molecule has 0 atom stereocenters. The van der Waals surface area contributed by atoms with Crippen molar-refractivity contribution >= 4 is 29.9 Å². The maximum atomic E-state index is 5.46. The van der Waals surface area contributed by atoms with E-state index >= 15 is 0 Å². The summed E-state index contributed by atoms with van der Waals surface area (Å²) in [6.07, 6.45) is 1.03. The fourth-order valence-electron chi connectivity index (χ4n) is 2.67. The molecule has 4 nitrogen and oxygen atoms in total. The summed E-state index contributed by atoms with van der Waals surface area (Å²) in [6, 6.07) is 6.68. The molecule has 0 saturated carbocycles. The molecule has 110 valence electrons. The van der Waals surface area contributed by atoms with Crippen molar-refractivity contribution in [2.24, 2.45) is 4.99 Å². The summed E-state index contributed by atoms with van der Waals surface area (Å²) in [7, 11) is 0. The minimum absolute atomic E-state index is 0. The van der Waals surface area contributed by atoms with E-state index in [-0.39, 0.29) is 24.0 Å². The Morgan fingerprint density at radius 2 is 2.25 bits per heavy atom. The molecule has 1 aromatic rings. The lowest BCUT2D eigenvalue weighted by atomic mass is 10.0. The Morgan fingerprint density at radius 1 is 1.35 bits per heavy atom. The summed E-state index contributed by atoms with van der Waals surface area (Å²) in [5, 5.41) is 3.45. The van der Waals surface area contributed by atoms with Gasteiger partial charge in [-0.15, -0.1) is 24.0 Å². The van der Waals surface area contributed by atoms with Crippen molar-refractivity contribution in [2.75, 3.05) is 26.2 Å². The highest BCUT2D eigenvalue weighted by Gasteiger charge is 2.14. The zero-order valence-electron chi connectivity index (χ0n) is 11.9. The largest absolute Gasteiger partial charge is 0.376 e. The Morgan fingerprint density at radius 3 is 3.10 bits per heavy atom. The number of rotatable bonds is 3. The fourth-order valence-corrected chi connectivity index (χ4v) is 2.67. The maximum absolute atomic E-state index is 5.46. The zero-order chi connectivity index (χ0) is 13.1. The van der Waals surface area contributed by atoms with E-state index in [9.17, 15) is 0 Å². The summed E-state index contributed by atoms with van der Waals surface area (Å²) >= 11 is 0. The quantitative estimate of drug-likeness (QED) is 0.808. The molecule has 0 amide bonds. The highest BCUT2D eigenvalue weighted by molar-refractivity contribution is 14.0. The predicted molar refractivity (Wildman–Crippen MR) is 91.6 cm³/mol. The SMILES string of the molecule is CCN1CCN=C1NCc1ccc2c(c1)CCOC2.I. The number of ether oxygens (including phenoxy) is 1. The molecule has 2 aliphatic rings. The lowest BCUT2D eigenvalue weighted by Gasteiger charge is -2.20. The first-order valence-electron chi connectivity index (χ1n) is 7.08. The molecule has 0 fully saturated rings. The van der Waals surface area contributed by atoms with Crippen LogP contribution in [0.2, 0.25) is 0 Å². The van der Waals surface area contributed by atoms with Crippen LogP contribution in [0.15, 0.2) is 23.2 Å². The first-order chi connectivity index (χ1) is 9.36. The van der Waals surface area contributed by atoms with E-state index in [1.165, 1.54) is 16.7 Å². The Labute approximate surface area is 137 Å². The molecule has 0 radical (unpaired) electrons. The van der Waals surface area contributed by atoms with Crippen molar-refractivity contribution < 1.29 is 4.74 Å². The average Bonchev–Trinajstić information content (AvgIpc) is 2.92. The maximum Gasteiger partial charge on any atom is 0.194 e. The third-order valence-corrected chi connectivity index (χ3v) is 3.81. The predicted octanol–water partition coefficient (Wildman–Crippen LogP) is 2.16. The normalized spacial score (nSPS) is 17.2. The standard InChI is InChI=1S/C15H21N3O.HI/c1-2-18-7-6-16-15(18)17-10-12-3-4-14-11-19-8-5-13(14)9-12;/h3-4,9H,2,5-8,10-11H2,1H3,(H,16,17);1H. The van der Waals surface area contributed by atoms with Gasteiger partial charge in [0.1, 0.15) is 0 Å². The second-order valence-electron chi connectivity index (χ2n) is 5.04. The molecule has 3 rings (SSSR count). The average molecular weight is 387 g/mol. The lowest BCUT2D eigenvalue weighted by Crippen LogP contribution is -2.37. The molecule has 0 aliphatic carbocycles. The molecule has 5 heteroatoms. The van der Waals surface area contributed by atoms with Crippen LogP contribution in [0.4, 0.5) is 0 Å². The highest BCUT2D eigenvalue weighted by atomic mass is 127. The Balaban J connectivity index is 0.00000147. The van der Waals surface area contributed by atoms with Crippen molar-refractivity contribution in [3.05, 3.63) is 34.9 Å². The van der Waals surface area contributed by atoms with Gasteiger partial charge in [-0.1, -0.05) is 18.2 Å². The van der Waals surface area contributed by atoms with Gasteiger partial charge >= 0.3 is 0 Å².